The fourth-order valence-electron chi connectivity index (χ4n) is 3.61. The zero-order chi connectivity index (χ0) is 15.0. The first kappa shape index (κ1) is 14.1. The van der Waals surface area contributed by atoms with Gasteiger partial charge in [-0.15, -0.1) is 0 Å². The molecule has 0 aromatic carbocycles. The van der Waals surface area contributed by atoms with Crippen LogP contribution in [0.3, 0.4) is 0 Å². The van der Waals surface area contributed by atoms with Gasteiger partial charge in [0, 0.05) is 31.4 Å². The molecule has 6 nitrogen and oxygen atoms in total. The molecule has 2 saturated heterocycles. The molecule has 0 amide bonds. The lowest BCUT2D eigenvalue weighted by Crippen LogP contribution is -2.55. The van der Waals surface area contributed by atoms with Gasteiger partial charge in [0.2, 0.25) is 0 Å². The van der Waals surface area contributed by atoms with Crippen LogP contribution < -0.4 is 10.6 Å². The van der Waals surface area contributed by atoms with Crippen LogP contribution in [-0.4, -0.2) is 52.6 Å². The van der Waals surface area contributed by atoms with Crippen LogP contribution in [0, 0.1) is 6.92 Å². The van der Waals surface area contributed by atoms with E-state index in [9.17, 15) is 0 Å². The van der Waals surface area contributed by atoms with Crippen molar-refractivity contribution >= 4 is 11.7 Å². The maximum atomic E-state index is 9.06. The molecule has 0 saturated carbocycles. The van der Waals surface area contributed by atoms with Crippen molar-refractivity contribution in [3.63, 3.8) is 0 Å². The van der Waals surface area contributed by atoms with E-state index in [1.54, 1.807) is 6.20 Å². The molecular weight excluding hydrogens is 266 g/mol. The average Bonchev–Trinajstić information content (AvgIpc) is 2.92. The summed E-state index contributed by atoms with van der Waals surface area (Å²) < 4.78 is 0. The highest BCUT2D eigenvalue weighted by molar-refractivity contribution is 6.02. The van der Waals surface area contributed by atoms with Crippen LogP contribution in [0.2, 0.25) is 0 Å². The number of aromatic nitrogens is 1. The van der Waals surface area contributed by atoms with Gasteiger partial charge >= 0.3 is 0 Å². The third kappa shape index (κ3) is 2.44. The van der Waals surface area contributed by atoms with E-state index >= 15 is 0 Å². The van der Waals surface area contributed by atoms with Crippen LogP contribution in [0.15, 0.2) is 17.4 Å². The Bertz CT molecular complexity index is 559. The van der Waals surface area contributed by atoms with Gasteiger partial charge in [0.1, 0.15) is 5.82 Å². The highest BCUT2D eigenvalue weighted by atomic mass is 16.4. The van der Waals surface area contributed by atoms with E-state index in [1.807, 2.05) is 13.0 Å². The second-order valence-electron chi connectivity index (χ2n) is 6.10. The van der Waals surface area contributed by atoms with Gasteiger partial charge in [0.15, 0.2) is 5.84 Å². The molecular formula is C15H23N5O. The largest absolute Gasteiger partial charge is 0.409 e. The Morgan fingerprint density at radius 2 is 2.29 bits per heavy atom. The lowest BCUT2D eigenvalue weighted by Gasteiger charge is -2.43. The number of aryl methyl sites for hydroxylation is 1. The highest BCUT2D eigenvalue weighted by Crippen LogP contribution is 2.30. The van der Waals surface area contributed by atoms with Gasteiger partial charge < -0.3 is 15.8 Å². The topological polar surface area (TPSA) is 78.0 Å². The highest BCUT2D eigenvalue weighted by Gasteiger charge is 2.36. The smallest absolute Gasteiger partial charge is 0.174 e. The van der Waals surface area contributed by atoms with E-state index < -0.39 is 0 Å². The molecule has 1 aromatic rings. The fourth-order valence-corrected chi connectivity index (χ4v) is 3.61. The summed E-state index contributed by atoms with van der Waals surface area (Å²) in [6, 6.07) is 2.87. The molecule has 0 spiro atoms. The van der Waals surface area contributed by atoms with Crippen LogP contribution in [0.1, 0.15) is 30.9 Å². The second kappa shape index (κ2) is 5.52. The molecule has 2 aliphatic rings. The number of hydrogen-bond acceptors (Lipinski definition) is 5. The number of hydrogen-bond donors (Lipinski definition) is 2. The van der Waals surface area contributed by atoms with E-state index in [-0.39, 0.29) is 5.84 Å². The number of nitrogens with zero attached hydrogens (tertiary/aromatic N) is 4. The van der Waals surface area contributed by atoms with Gasteiger partial charge in [-0.1, -0.05) is 5.16 Å². The monoisotopic (exact) mass is 289 g/mol. The van der Waals surface area contributed by atoms with Crippen LogP contribution >= 0.6 is 0 Å². The first-order chi connectivity index (χ1) is 10.1. The molecule has 3 rings (SSSR count). The van der Waals surface area contributed by atoms with Crippen molar-refractivity contribution in [1.29, 1.82) is 0 Å². The van der Waals surface area contributed by atoms with E-state index in [4.69, 9.17) is 10.9 Å². The van der Waals surface area contributed by atoms with Crippen molar-refractivity contribution in [2.75, 3.05) is 24.5 Å². The van der Waals surface area contributed by atoms with E-state index in [2.05, 4.69) is 26.9 Å². The molecule has 0 bridgehead atoms. The predicted octanol–water partition coefficient (Wildman–Crippen LogP) is 1.16. The molecule has 0 radical (unpaired) electrons. The van der Waals surface area contributed by atoms with Gasteiger partial charge in [0.25, 0.3) is 0 Å². The SMILES string of the molecule is Cc1ccnc(N2CC3CCCN3CC2C)c1/C(N)=N/O. The van der Waals surface area contributed by atoms with Crippen molar-refractivity contribution in [3.8, 4) is 0 Å². The van der Waals surface area contributed by atoms with E-state index in [0.717, 1.165) is 30.0 Å². The Hall–Kier alpha value is -1.82. The molecule has 1 aromatic heterocycles. The number of fused-ring (bicyclic) bond motifs is 1. The summed E-state index contributed by atoms with van der Waals surface area (Å²) in [5.41, 5.74) is 7.61. The summed E-state index contributed by atoms with van der Waals surface area (Å²) >= 11 is 0. The normalized spacial score (nSPS) is 27.0. The number of oxime groups is 1. The zero-order valence-electron chi connectivity index (χ0n) is 12.7. The van der Waals surface area contributed by atoms with Gasteiger partial charge in [0.05, 0.1) is 5.56 Å². The molecule has 21 heavy (non-hydrogen) atoms. The van der Waals surface area contributed by atoms with E-state index in [1.165, 1.54) is 19.4 Å². The lowest BCUT2D eigenvalue weighted by atomic mass is 10.0. The van der Waals surface area contributed by atoms with E-state index in [0.29, 0.717) is 12.1 Å². The molecule has 2 atom stereocenters. The molecule has 6 heteroatoms. The van der Waals surface area contributed by atoms with Gasteiger partial charge in [-0.3, -0.25) is 4.90 Å². The van der Waals surface area contributed by atoms with Crippen molar-refractivity contribution < 1.29 is 5.21 Å². The quantitative estimate of drug-likeness (QED) is 0.370. The Kier molecular flexibility index (Phi) is 3.71. The number of rotatable bonds is 2. The summed E-state index contributed by atoms with van der Waals surface area (Å²) in [4.78, 5) is 9.41. The molecule has 2 aliphatic heterocycles. The Morgan fingerprint density at radius 3 is 3.05 bits per heavy atom. The van der Waals surface area contributed by atoms with Crippen LogP contribution in [-0.2, 0) is 0 Å². The standard InChI is InChI=1S/C15H23N5O/c1-10-5-6-17-15(13(10)14(16)18-21)20-9-12-4-3-7-19(12)8-11(20)2/h5-6,11-12,21H,3-4,7-9H2,1-2H3,(H2,16,18). The van der Waals surface area contributed by atoms with Crippen LogP contribution in [0.25, 0.3) is 0 Å². The molecule has 0 aliphatic carbocycles. The third-order valence-corrected chi connectivity index (χ3v) is 4.71. The minimum atomic E-state index is 0.136. The molecule has 114 valence electrons. The number of anilines is 1. The second-order valence-corrected chi connectivity index (χ2v) is 6.10. The van der Waals surface area contributed by atoms with Crippen LogP contribution in [0.5, 0.6) is 0 Å². The Morgan fingerprint density at radius 1 is 1.48 bits per heavy atom. The summed E-state index contributed by atoms with van der Waals surface area (Å²) in [5, 5.41) is 12.2. The zero-order valence-corrected chi connectivity index (χ0v) is 12.7. The average molecular weight is 289 g/mol. The van der Waals surface area contributed by atoms with Crippen molar-refractivity contribution in [2.45, 2.75) is 38.8 Å². The number of nitrogens with two attached hydrogens (primary N) is 1. The molecule has 2 unspecified atom stereocenters. The number of amidine groups is 1. The summed E-state index contributed by atoms with van der Waals surface area (Å²) in [5.74, 6) is 0.973. The summed E-state index contributed by atoms with van der Waals surface area (Å²) in [7, 11) is 0. The first-order valence-electron chi connectivity index (χ1n) is 7.56. The third-order valence-electron chi connectivity index (χ3n) is 4.71. The Labute approximate surface area is 125 Å². The number of pyridine rings is 1. The summed E-state index contributed by atoms with van der Waals surface area (Å²) in [6.45, 7) is 7.40. The molecule has 3 N–H and O–H groups in total. The Balaban J connectivity index is 1.98. The van der Waals surface area contributed by atoms with Crippen molar-refractivity contribution in [1.82, 2.24) is 9.88 Å². The van der Waals surface area contributed by atoms with Gasteiger partial charge in [-0.25, -0.2) is 4.98 Å². The molecule has 3 heterocycles. The number of piperazine rings is 1. The van der Waals surface area contributed by atoms with Gasteiger partial charge in [-0.05, 0) is 44.9 Å². The maximum absolute atomic E-state index is 9.06. The minimum absolute atomic E-state index is 0.136. The molecule has 2 fully saturated rings. The fraction of sp³-hybridized carbons (Fsp3) is 0.600. The first-order valence-corrected chi connectivity index (χ1v) is 7.56. The predicted molar refractivity (Wildman–Crippen MR) is 82.9 cm³/mol. The minimum Gasteiger partial charge on any atom is -0.409 e. The van der Waals surface area contributed by atoms with Crippen molar-refractivity contribution in [3.05, 3.63) is 23.4 Å². The maximum Gasteiger partial charge on any atom is 0.174 e. The van der Waals surface area contributed by atoms with Crippen LogP contribution in [0.4, 0.5) is 5.82 Å². The lowest BCUT2D eigenvalue weighted by molar-refractivity contribution is 0.202. The summed E-state index contributed by atoms with van der Waals surface area (Å²) in [6.07, 6.45) is 4.32. The van der Waals surface area contributed by atoms with Crippen molar-refractivity contribution in [2.24, 2.45) is 10.9 Å². The van der Waals surface area contributed by atoms with Gasteiger partial charge in [-0.2, -0.15) is 0 Å².